The fourth-order valence-corrected chi connectivity index (χ4v) is 4.04. The number of fused-ring (bicyclic) bond motifs is 1. The van der Waals surface area contributed by atoms with Crippen molar-refractivity contribution in [1.29, 1.82) is 0 Å². The first kappa shape index (κ1) is 17.8. The number of nitrogens with zero attached hydrogens (tertiary/aromatic N) is 7. The number of aromatic nitrogens is 6. The normalized spacial score (nSPS) is 17.9. The van der Waals surface area contributed by atoms with Crippen molar-refractivity contribution in [3.05, 3.63) is 54.4 Å². The van der Waals surface area contributed by atoms with Crippen molar-refractivity contribution in [1.82, 2.24) is 34.8 Å². The summed E-state index contributed by atoms with van der Waals surface area (Å²) in [5.74, 6) is 1.72. The lowest BCUT2D eigenvalue weighted by molar-refractivity contribution is 0.179. The average Bonchev–Trinajstić information content (AvgIpc) is 3.36. The van der Waals surface area contributed by atoms with Gasteiger partial charge >= 0.3 is 0 Å². The summed E-state index contributed by atoms with van der Waals surface area (Å²) >= 11 is 0. The van der Waals surface area contributed by atoms with Crippen LogP contribution in [-0.4, -0.2) is 60.5 Å². The predicted octanol–water partition coefficient (Wildman–Crippen LogP) is 2.46. The number of anilines is 1. The van der Waals surface area contributed by atoms with Crippen LogP contribution < -0.4 is 4.90 Å². The Morgan fingerprint density at radius 3 is 2.79 bits per heavy atom. The minimum atomic E-state index is 0.438. The van der Waals surface area contributed by atoms with Gasteiger partial charge in [0, 0.05) is 56.4 Å². The molecule has 8 nitrogen and oxygen atoms in total. The Balaban J connectivity index is 1.33. The first-order chi connectivity index (χ1) is 14.2. The molecule has 1 atom stereocenters. The monoisotopic (exact) mass is 388 g/mol. The third-order valence-electron chi connectivity index (χ3n) is 5.68. The molecule has 1 fully saturated rings. The van der Waals surface area contributed by atoms with Crippen LogP contribution in [-0.2, 0) is 13.6 Å². The molecular weight excluding hydrogens is 364 g/mol. The predicted molar refractivity (Wildman–Crippen MR) is 112 cm³/mol. The highest BCUT2D eigenvalue weighted by Crippen LogP contribution is 2.25. The molecule has 0 radical (unpaired) electrons. The Hall–Kier alpha value is -3.26. The molecule has 8 heteroatoms. The van der Waals surface area contributed by atoms with Crippen LogP contribution in [0.2, 0.25) is 0 Å². The van der Waals surface area contributed by atoms with Crippen LogP contribution >= 0.6 is 0 Å². The summed E-state index contributed by atoms with van der Waals surface area (Å²) in [7, 11) is 2.02. The molecule has 1 saturated heterocycles. The number of nitrogens with one attached hydrogen (secondary N) is 1. The molecule has 0 spiro atoms. The molecule has 4 aromatic rings. The molecule has 3 aromatic heterocycles. The number of piperazine rings is 1. The number of rotatable bonds is 4. The maximum atomic E-state index is 4.50. The molecule has 5 rings (SSSR count). The molecule has 0 amide bonds. The smallest absolute Gasteiger partial charge is 0.227 e. The highest BCUT2D eigenvalue weighted by atomic mass is 15.4. The van der Waals surface area contributed by atoms with Gasteiger partial charge in [-0.15, -0.1) is 10.2 Å². The van der Waals surface area contributed by atoms with Crippen LogP contribution in [0.4, 0.5) is 5.95 Å². The van der Waals surface area contributed by atoms with E-state index in [4.69, 9.17) is 0 Å². The van der Waals surface area contributed by atoms with Gasteiger partial charge in [0.1, 0.15) is 0 Å². The topological polar surface area (TPSA) is 78.8 Å². The molecule has 0 saturated carbocycles. The molecule has 1 unspecified atom stereocenters. The second kappa shape index (κ2) is 7.29. The van der Waals surface area contributed by atoms with Crippen LogP contribution in [0.3, 0.4) is 0 Å². The molecule has 1 N–H and O–H groups in total. The molecule has 4 heterocycles. The number of aromatic amines is 1. The summed E-state index contributed by atoms with van der Waals surface area (Å²) in [4.78, 5) is 9.28. The summed E-state index contributed by atoms with van der Waals surface area (Å²) < 4.78 is 2.06. The van der Waals surface area contributed by atoms with E-state index in [2.05, 4.69) is 77.0 Å². The van der Waals surface area contributed by atoms with Gasteiger partial charge in [-0.25, -0.2) is 4.98 Å². The minimum Gasteiger partial charge on any atom is -0.338 e. The maximum absolute atomic E-state index is 4.50. The van der Waals surface area contributed by atoms with Crippen LogP contribution in [0.15, 0.2) is 48.8 Å². The Morgan fingerprint density at radius 1 is 1.10 bits per heavy atom. The van der Waals surface area contributed by atoms with E-state index in [0.29, 0.717) is 6.04 Å². The van der Waals surface area contributed by atoms with Gasteiger partial charge in [0.25, 0.3) is 0 Å². The van der Waals surface area contributed by atoms with Gasteiger partial charge in [0.05, 0.1) is 6.20 Å². The van der Waals surface area contributed by atoms with E-state index in [1.807, 2.05) is 19.3 Å². The molecule has 148 valence electrons. The molecule has 0 bridgehead atoms. The molecule has 1 aliphatic rings. The molecule has 29 heavy (non-hydrogen) atoms. The number of hydrogen-bond donors (Lipinski definition) is 1. The van der Waals surface area contributed by atoms with E-state index in [9.17, 15) is 0 Å². The van der Waals surface area contributed by atoms with Crippen LogP contribution in [0.5, 0.6) is 0 Å². The van der Waals surface area contributed by atoms with Gasteiger partial charge in [-0.2, -0.15) is 5.10 Å². The van der Waals surface area contributed by atoms with Gasteiger partial charge in [-0.3, -0.25) is 14.6 Å². The van der Waals surface area contributed by atoms with E-state index < -0.39 is 0 Å². The molecule has 1 aromatic carbocycles. The van der Waals surface area contributed by atoms with Crippen molar-refractivity contribution in [2.24, 2.45) is 7.05 Å². The van der Waals surface area contributed by atoms with Gasteiger partial charge in [0.15, 0.2) is 11.5 Å². The summed E-state index contributed by atoms with van der Waals surface area (Å²) in [6.45, 7) is 6.13. The third-order valence-corrected chi connectivity index (χ3v) is 5.68. The zero-order valence-electron chi connectivity index (χ0n) is 16.7. The Labute approximate surface area is 169 Å². The third kappa shape index (κ3) is 3.36. The van der Waals surface area contributed by atoms with Crippen molar-refractivity contribution in [3.63, 3.8) is 0 Å². The van der Waals surface area contributed by atoms with E-state index in [0.717, 1.165) is 54.5 Å². The van der Waals surface area contributed by atoms with Crippen molar-refractivity contribution in [2.45, 2.75) is 19.5 Å². The van der Waals surface area contributed by atoms with Crippen LogP contribution in [0, 0.1) is 0 Å². The Kier molecular flexibility index (Phi) is 4.48. The SMILES string of the molecule is CC1CN(c2nnc(-c3cnc4[nH]ncc4c3)n2C)CCN1Cc1ccccc1. The quantitative estimate of drug-likeness (QED) is 0.579. The summed E-state index contributed by atoms with van der Waals surface area (Å²) in [5, 5.41) is 16.8. The van der Waals surface area contributed by atoms with E-state index in [1.165, 1.54) is 5.56 Å². The maximum Gasteiger partial charge on any atom is 0.227 e. The molecular formula is C21H24N8. The second-order valence-corrected chi connectivity index (χ2v) is 7.67. The average molecular weight is 388 g/mol. The minimum absolute atomic E-state index is 0.438. The number of pyridine rings is 1. The summed E-state index contributed by atoms with van der Waals surface area (Å²) in [6, 6.07) is 13.1. The number of hydrogen-bond acceptors (Lipinski definition) is 6. The largest absolute Gasteiger partial charge is 0.338 e. The Morgan fingerprint density at radius 2 is 1.97 bits per heavy atom. The van der Waals surface area contributed by atoms with Crippen molar-refractivity contribution in [3.8, 4) is 11.4 Å². The fourth-order valence-electron chi connectivity index (χ4n) is 4.04. The number of benzene rings is 1. The molecule has 0 aliphatic carbocycles. The van der Waals surface area contributed by atoms with Crippen molar-refractivity contribution in [2.75, 3.05) is 24.5 Å². The lowest BCUT2D eigenvalue weighted by atomic mass is 10.1. The van der Waals surface area contributed by atoms with Gasteiger partial charge < -0.3 is 4.90 Å². The van der Waals surface area contributed by atoms with Gasteiger partial charge in [0.2, 0.25) is 5.95 Å². The first-order valence-electron chi connectivity index (χ1n) is 9.91. The standard InChI is InChI=1S/C21H24N8/c1-15-13-29(9-8-28(15)14-16-6-4-3-5-7-16)21-26-25-20(27(21)2)18-10-17-12-23-24-19(17)22-11-18/h3-7,10-12,15H,8-9,13-14H2,1-2H3,(H,22,23,24). The second-order valence-electron chi connectivity index (χ2n) is 7.67. The number of H-pyrrole nitrogens is 1. The van der Waals surface area contributed by atoms with Crippen molar-refractivity contribution < 1.29 is 0 Å². The van der Waals surface area contributed by atoms with Gasteiger partial charge in [-0.05, 0) is 18.6 Å². The van der Waals surface area contributed by atoms with E-state index in [1.54, 1.807) is 6.20 Å². The Bertz CT molecular complexity index is 1120. The highest BCUT2D eigenvalue weighted by molar-refractivity contribution is 5.78. The highest BCUT2D eigenvalue weighted by Gasteiger charge is 2.27. The summed E-state index contributed by atoms with van der Waals surface area (Å²) in [6.07, 6.45) is 3.59. The lowest BCUT2D eigenvalue weighted by Gasteiger charge is -2.40. The lowest BCUT2D eigenvalue weighted by Crippen LogP contribution is -2.52. The first-order valence-corrected chi connectivity index (χ1v) is 9.91. The zero-order chi connectivity index (χ0) is 19.8. The van der Waals surface area contributed by atoms with Gasteiger partial charge in [-0.1, -0.05) is 30.3 Å². The summed E-state index contributed by atoms with van der Waals surface area (Å²) in [5.41, 5.74) is 3.08. The molecule has 1 aliphatic heterocycles. The van der Waals surface area contributed by atoms with E-state index in [-0.39, 0.29) is 0 Å². The van der Waals surface area contributed by atoms with Crippen LogP contribution in [0.25, 0.3) is 22.4 Å². The van der Waals surface area contributed by atoms with Crippen LogP contribution in [0.1, 0.15) is 12.5 Å². The zero-order valence-corrected chi connectivity index (χ0v) is 16.7. The van der Waals surface area contributed by atoms with Crippen molar-refractivity contribution >= 4 is 17.0 Å². The fraction of sp³-hybridized carbons (Fsp3) is 0.333. The van der Waals surface area contributed by atoms with E-state index >= 15 is 0 Å².